The lowest BCUT2D eigenvalue weighted by atomic mass is 10.1. The van der Waals surface area contributed by atoms with E-state index in [0.29, 0.717) is 15.9 Å². The maximum Gasteiger partial charge on any atom is 0.181 e. The smallest absolute Gasteiger partial charge is 0.181 e. The summed E-state index contributed by atoms with van der Waals surface area (Å²) in [5.41, 5.74) is 1.68. The van der Waals surface area contributed by atoms with Crippen LogP contribution >= 0.6 is 23.8 Å². The molecular weight excluding hydrogens is 392 g/mol. The Morgan fingerprint density at radius 1 is 1.04 bits per heavy atom. The zero-order valence-corrected chi connectivity index (χ0v) is 16.4. The van der Waals surface area contributed by atoms with Crippen LogP contribution in [0.1, 0.15) is 0 Å². The summed E-state index contributed by atoms with van der Waals surface area (Å²) in [6.45, 7) is 0. The van der Waals surface area contributed by atoms with Gasteiger partial charge in [0.25, 0.3) is 0 Å². The first kappa shape index (κ1) is 17.6. The molecule has 2 aliphatic heterocycles. The lowest BCUT2D eigenvalue weighted by molar-refractivity contribution is 0.415. The highest BCUT2D eigenvalue weighted by atomic mass is 35.5. The zero-order chi connectivity index (χ0) is 18.5. The van der Waals surface area contributed by atoms with Gasteiger partial charge in [0, 0.05) is 22.5 Å². The number of rotatable bonds is 3. The second-order valence-corrected chi connectivity index (χ2v) is 9.37. The molecule has 4 rings (SSSR count). The zero-order valence-electron chi connectivity index (χ0n) is 14.0. The molecule has 2 aliphatic rings. The molecule has 26 heavy (non-hydrogen) atoms. The predicted octanol–water partition coefficient (Wildman–Crippen LogP) is 3.13. The largest absolute Gasteiger partial charge is 0.497 e. The average molecular weight is 409 g/mol. The molecule has 0 N–H and O–H groups in total. The van der Waals surface area contributed by atoms with Gasteiger partial charge in [-0.15, -0.1) is 0 Å². The Morgan fingerprint density at radius 2 is 1.65 bits per heavy atom. The van der Waals surface area contributed by atoms with Gasteiger partial charge in [-0.25, -0.2) is 8.42 Å². The Morgan fingerprint density at radius 3 is 2.27 bits per heavy atom. The molecule has 0 bridgehead atoms. The van der Waals surface area contributed by atoms with Gasteiger partial charge < -0.3 is 14.5 Å². The van der Waals surface area contributed by atoms with E-state index in [2.05, 4.69) is 0 Å². The Hall–Kier alpha value is -1.83. The summed E-state index contributed by atoms with van der Waals surface area (Å²) in [5, 5.41) is 1.21. The van der Waals surface area contributed by atoms with Gasteiger partial charge in [-0.05, 0) is 48.6 Å². The van der Waals surface area contributed by atoms with Crippen LogP contribution in [0.15, 0.2) is 48.5 Å². The van der Waals surface area contributed by atoms with Gasteiger partial charge in [0.05, 0.1) is 30.7 Å². The molecule has 0 spiro atoms. The van der Waals surface area contributed by atoms with Crippen LogP contribution in [0.5, 0.6) is 5.75 Å². The standard InChI is InChI=1S/C18H17ClN2O3S2/c1-24-15-4-2-3-14(9-15)21-17-11-26(22,23)10-16(17)20(18(21)25)13-7-5-12(19)6-8-13/h2-9,16-17H,10-11H2,1H3/t16-,17+/m0/s1. The van der Waals surface area contributed by atoms with Gasteiger partial charge in [0.15, 0.2) is 14.9 Å². The molecule has 2 saturated heterocycles. The van der Waals surface area contributed by atoms with Crippen LogP contribution in [0.3, 0.4) is 0 Å². The minimum absolute atomic E-state index is 0.0824. The van der Waals surface area contributed by atoms with E-state index in [0.717, 1.165) is 11.4 Å². The topological polar surface area (TPSA) is 49.9 Å². The summed E-state index contributed by atoms with van der Waals surface area (Å²) in [4.78, 5) is 3.86. The molecule has 5 nitrogen and oxygen atoms in total. The second kappa shape index (κ2) is 6.40. The van der Waals surface area contributed by atoms with E-state index >= 15 is 0 Å². The van der Waals surface area contributed by atoms with E-state index in [1.165, 1.54) is 0 Å². The first-order valence-electron chi connectivity index (χ1n) is 8.12. The molecule has 0 aliphatic carbocycles. The molecule has 0 saturated carbocycles. The number of hydrogen-bond donors (Lipinski definition) is 0. The fourth-order valence-electron chi connectivity index (χ4n) is 3.67. The number of ether oxygens (including phenoxy) is 1. The third-order valence-corrected chi connectivity index (χ3v) is 7.15. The van der Waals surface area contributed by atoms with Crippen molar-refractivity contribution in [1.29, 1.82) is 0 Å². The summed E-state index contributed by atoms with van der Waals surface area (Å²) in [6.07, 6.45) is 0. The number of sulfone groups is 1. The SMILES string of the molecule is COc1cccc(N2C(=S)N(c3ccc(Cl)cc3)[C@H]3CS(=O)(=O)C[C@H]32)c1. The number of anilines is 2. The number of methoxy groups -OCH3 is 1. The van der Waals surface area contributed by atoms with Gasteiger partial charge in [-0.3, -0.25) is 0 Å². The molecule has 0 amide bonds. The minimum atomic E-state index is -3.13. The van der Waals surface area contributed by atoms with Crippen LogP contribution in [0.25, 0.3) is 0 Å². The molecule has 2 aromatic rings. The van der Waals surface area contributed by atoms with Crippen molar-refractivity contribution in [1.82, 2.24) is 0 Å². The van der Waals surface area contributed by atoms with Crippen LogP contribution in [0.2, 0.25) is 5.02 Å². The van der Waals surface area contributed by atoms with Gasteiger partial charge >= 0.3 is 0 Å². The first-order valence-corrected chi connectivity index (χ1v) is 10.7. The van der Waals surface area contributed by atoms with Crippen LogP contribution in [-0.2, 0) is 9.84 Å². The average Bonchev–Trinajstić information content (AvgIpc) is 3.04. The van der Waals surface area contributed by atoms with E-state index in [1.807, 2.05) is 46.2 Å². The van der Waals surface area contributed by atoms with Gasteiger partial charge in [-0.1, -0.05) is 17.7 Å². The molecule has 0 aromatic heterocycles. The van der Waals surface area contributed by atoms with Crippen LogP contribution in [-0.4, -0.2) is 44.2 Å². The summed E-state index contributed by atoms with van der Waals surface area (Å²) >= 11 is 11.7. The summed E-state index contributed by atoms with van der Waals surface area (Å²) in [5.74, 6) is 0.868. The lowest BCUT2D eigenvalue weighted by Crippen LogP contribution is -2.37. The van der Waals surface area contributed by atoms with E-state index in [9.17, 15) is 8.42 Å². The quantitative estimate of drug-likeness (QED) is 0.727. The number of fused-ring (bicyclic) bond motifs is 1. The third kappa shape index (κ3) is 2.94. The van der Waals surface area contributed by atoms with Gasteiger partial charge in [0.2, 0.25) is 0 Å². The van der Waals surface area contributed by atoms with E-state index in [-0.39, 0.29) is 23.6 Å². The number of halogens is 1. The Balaban J connectivity index is 1.80. The maximum atomic E-state index is 12.3. The monoisotopic (exact) mass is 408 g/mol. The van der Waals surface area contributed by atoms with Crippen LogP contribution < -0.4 is 14.5 Å². The molecule has 136 valence electrons. The van der Waals surface area contributed by atoms with E-state index in [1.54, 1.807) is 19.2 Å². The van der Waals surface area contributed by atoms with Gasteiger partial charge in [0.1, 0.15) is 5.75 Å². The van der Waals surface area contributed by atoms with E-state index < -0.39 is 9.84 Å². The molecule has 0 unspecified atom stereocenters. The highest BCUT2D eigenvalue weighted by molar-refractivity contribution is 7.91. The highest BCUT2D eigenvalue weighted by Gasteiger charge is 2.52. The van der Waals surface area contributed by atoms with Crippen molar-refractivity contribution in [3.8, 4) is 5.75 Å². The van der Waals surface area contributed by atoms with Crippen molar-refractivity contribution >= 4 is 50.1 Å². The maximum absolute atomic E-state index is 12.3. The summed E-state index contributed by atoms with van der Waals surface area (Å²) < 4.78 is 30.0. The molecule has 2 atom stereocenters. The molecule has 8 heteroatoms. The van der Waals surface area contributed by atoms with Gasteiger partial charge in [-0.2, -0.15) is 0 Å². The molecule has 2 aromatic carbocycles. The highest BCUT2D eigenvalue weighted by Crippen LogP contribution is 2.39. The van der Waals surface area contributed by atoms with Crippen molar-refractivity contribution in [2.75, 3.05) is 28.4 Å². The van der Waals surface area contributed by atoms with Crippen molar-refractivity contribution < 1.29 is 13.2 Å². The van der Waals surface area contributed by atoms with Crippen molar-refractivity contribution in [3.05, 3.63) is 53.6 Å². The summed E-state index contributed by atoms with van der Waals surface area (Å²) in [7, 11) is -1.53. The van der Waals surface area contributed by atoms with Crippen molar-refractivity contribution in [2.24, 2.45) is 0 Å². The normalized spacial score (nSPS) is 24.0. The Bertz CT molecular complexity index is 963. The molecular formula is C18H17ClN2O3S2. The Kier molecular flexibility index (Phi) is 4.33. The molecule has 2 fully saturated rings. The molecule has 2 heterocycles. The van der Waals surface area contributed by atoms with E-state index in [4.69, 9.17) is 28.6 Å². The third-order valence-electron chi connectivity index (χ3n) is 4.81. The van der Waals surface area contributed by atoms with Crippen molar-refractivity contribution in [3.63, 3.8) is 0 Å². The molecule has 0 radical (unpaired) electrons. The fraction of sp³-hybridized carbons (Fsp3) is 0.278. The number of hydrogen-bond acceptors (Lipinski definition) is 4. The number of thiocarbonyl (C=S) groups is 1. The van der Waals surface area contributed by atoms with Crippen LogP contribution in [0.4, 0.5) is 11.4 Å². The summed E-state index contributed by atoms with van der Waals surface area (Å²) in [6, 6.07) is 14.4. The predicted molar refractivity (Wildman–Crippen MR) is 108 cm³/mol. The van der Waals surface area contributed by atoms with Crippen molar-refractivity contribution in [2.45, 2.75) is 12.1 Å². The van der Waals surface area contributed by atoms with Crippen LogP contribution in [0, 0.1) is 0 Å². The first-order chi connectivity index (χ1) is 12.4. The fourth-order valence-corrected chi connectivity index (χ4v) is 6.20. The minimum Gasteiger partial charge on any atom is -0.497 e. The second-order valence-electron chi connectivity index (χ2n) is 6.41. The Labute approximate surface area is 163 Å². The lowest BCUT2D eigenvalue weighted by Gasteiger charge is -2.26. The number of benzene rings is 2. The number of nitrogens with zero attached hydrogens (tertiary/aromatic N) is 2.